The Bertz CT molecular complexity index is 737. The van der Waals surface area contributed by atoms with E-state index in [0.717, 1.165) is 43.7 Å². The number of rotatable bonds is 6. The summed E-state index contributed by atoms with van der Waals surface area (Å²) in [5.41, 5.74) is 1.84. The number of nitrogens with zero attached hydrogens (tertiary/aromatic N) is 2. The fourth-order valence-corrected chi connectivity index (χ4v) is 3.50. The smallest absolute Gasteiger partial charge is 0.237 e. The Kier molecular flexibility index (Phi) is 6.96. The molecule has 2 aromatic rings. The van der Waals surface area contributed by atoms with Gasteiger partial charge in [-0.2, -0.15) is 0 Å². The summed E-state index contributed by atoms with van der Waals surface area (Å²) in [6, 6.07) is 16.7. The Balaban J connectivity index is 1.49. The molecule has 1 unspecified atom stereocenters. The third kappa shape index (κ3) is 5.62. The van der Waals surface area contributed by atoms with Crippen LogP contribution in [0.2, 0.25) is 0 Å². The van der Waals surface area contributed by atoms with E-state index in [1.165, 1.54) is 6.07 Å². The van der Waals surface area contributed by atoms with Crippen molar-refractivity contribution in [1.29, 1.82) is 0 Å². The molecule has 0 aliphatic carbocycles. The van der Waals surface area contributed by atoms with Crippen LogP contribution in [0.3, 0.4) is 0 Å². The quantitative estimate of drug-likeness (QED) is 0.850. The van der Waals surface area contributed by atoms with Crippen molar-refractivity contribution in [2.24, 2.45) is 0 Å². The molecule has 0 spiro atoms. The van der Waals surface area contributed by atoms with Crippen LogP contribution in [-0.2, 0) is 17.9 Å². The number of hydrogen-bond acceptors (Lipinski definition) is 3. The zero-order valence-corrected chi connectivity index (χ0v) is 15.9. The highest BCUT2D eigenvalue weighted by Crippen LogP contribution is 2.13. The summed E-state index contributed by atoms with van der Waals surface area (Å²) in [6.45, 7) is 6.59. The first-order valence-corrected chi connectivity index (χ1v) is 9.65. The van der Waals surface area contributed by atoms with Gasteiger partial charge < -0.3 is 5.32 Å². The van der Waals surface area contributed by atoms with Crippen LogP contribution in [0.1, 0.15) is 24.5 Å². The van der Waals surface area contributed by atoms with Crippen LogP contribution in [0.25, 0.3) is 0 Å². The van der Waals surface area contributed by atoms with Gasteiger partial charge in [0.2, 0.25) is 5.91 Å². The molecule has 1 saturated heterocycles. The molecule has 2 aromatic carbocycles. The first-order chi connectivity index (χ1) is 13.1. The fraction of sp³-hybridized carbons (Fsp3) is 0.409. The van der Waals surface area contributed by atoms with E-state index >= 15 is 0 Å². The van der Waals surface area contributed by atoms with Crippen LogP contribution in [-0.4, -0.2) is 47.9 Å². The molecule has 0 aromatic heterocycles. The van der Waals surface area contributed by atoms with Crippen molar-refractivity contribution in [3.63, 3.8) is 0 Å². The van der Waals surface area contributed by atoms with E-state index in [1.54, 1.807) is 6.07 Å². The first kappa shape index (κ1) is 19.5. The SMILES string of the molecule is CC(C(=O)NCc1ccccc1)N1CCCN(Cc2ccccc2F)CC1. The highest BCUT2D eigenvalue weighted by atomic mass is 19.1. The van der Waals surface area contributed by atoms with Gasteiger partial charge in [0.15, 0.2) is 0 Å². The van der Waals surface area contributed by atoms with Crippen LogP contribution < -0.4 is 5.32 Å². The average Bonchev–Trinajstić information content (AvgIpc) is 2.94. The molecule has 1 amide bonds. The lowest BCUT2D eigenvalue weighted by atomic mass is 10.2. The van der Waals surface area contributed by atoms with Gasteiger partial charge in [-0.15, -0.1) is 0 Å². The van der Waals surface area contributed by atoms with Gasteiger partial charge >= 0.3 is 0 Å². The van der Waals surface area contributed by atoms with E-state index in [4.69, 9.17) is 0 Å². The standard InChI is InChI=1S/C22H28FN3O/c1-18(22(27)24-16-19-8-3-2-4-9-19)26-13-7-12-25(14-15-26)17-20-10-5-6-11-21(20)23/h2-6,8-11,18H,7,12-17H2,1H3,(H,24,27). The van der Waals surface area contributed by atoms with Crippen molar-refractivity contribution in [2.45, 2.75) is 32.5 Å². The molecule has 1 fully saturated rings. The van der Waals surface area contributed by atoms with Crippen molar-refractivity contribution in [2.75, 3.05) is 26.2 Å². The normalized spacial score (nSPS) is 17.3. The predicted molar refractivity (Wildman–Crippen MR) is 106 cm³/mol. The van der Waals surface area contributed by atoms with Crippen molar-refractivity contribution in [3.8, 4) is 0 Å². The maximum absolute atomic E-state index is 13.9. The lowest BCUT2D eigenvalue weighted by Crippen LogP contribution is -2.46. The minimum Gasteiger partial charge on any atom is -0.351 e. The Morgan fingerprint density at radius 3 is 2.56 bits per heavy atom. The molecule has 0 radical (unpaired) electrons. The topological polar surface area (TPSA) is 35.6 Å². The van der Waals surface area contributed by atoms with Gasteiger partial charge in [-0.05, 0) is 31.5 Å². The number of halogens is 1. The second-order valence-corrected chi connectivity index (χ2v) is 7.14. The largest absolute Gasteiger partial charge is 0.351 e. The molecular formula is C22H28FN3O. The van der Waals surface area contributed by atoms with Gasteiger partial charge in [0.05, 0.1) is 6.04 Å². The van der Waals surface area contributed by atoms with E-state index in [2.05, 4.69) is 15.1 Å². The first-order valence-electron chi connectivity index (χ1n) is 9.65. The lowest BCUT2D eigenvalue weighted by molar-refractivity contribution is -0.126. The molecule has 1 aliphatic heterocycles. The van der Waals surface area contributed by atoms with Gasteiger partial charge in [0, 0.05) is 38.3 Å². The minimum absolute atomic E-state index is 0.0569. The molecule has 4 nitrogen and oxygen atoms in total. The number of carbonyl (C=O) groups excluding carboxylic acids is 1. The fourth-order valence-electron chi connectivity index (χ4n) is 3.50. The molecule has 1 atom stereocenters. The summed E-state index contributed by atoms with van der Waals surface area (Å²) in [5, 5.41) is 3.03. The predicted octanol–water partition coefficient (Wildman–Crippen LogP) is 3.04. The summed E-state index contributed by atoms with van der Waals surface area (Å²) >= 11 is 0. The molecule has 5 heteroatoms. The second-order valence-electron chi connectivity index (χ2n) is 7.14. The van der Waals surface area contributed by atoms with Gasteiger partial charge in [-0.25, -0.2) is 4.39 Å². The molecule has 3 rings (SSSR count). The lowest BCUT2D eigenvalue weighted by Gasteiger charge is -2.27. The van der Waals surface area contributed by atoms with Crippen molar-refractivity contribution in [3.05, 3.63) is 71.5 Å². The second kappa shape index (κ2) is 9.62. The van der Waals surface area contributed by atoms with E-state index in [0.29, 0.717) is 13.1 Å². The Labute approximate surface area is 161 Å². The summed E-state index contributed by atoms with van der Waals surface area (Å²) in [7, 11) is 0. The van der Waals surface area contributed by atoms with Crippen molar-refractivity contribution < 1.29 is 9.18 Å². The van der Waals surface area contributed by atoms with Crippen LogP contribution in [0.15, 0.2) is 54.6 Å². The van der Waals surface area contributed by atoms with Gasteiger partial charge in [-0.1, -0.05) is 48.5 Å². The van der Waals surface area contributed by atoms with Crippen molar-refractivity contribution >= 4 is 5.91 Å². The van der Waals surface area contributed by atoms with Crippen molar-refractivity contribution in [1.82, 2.24) is 15.1 Å². The number of benzene rings is 2. The van der Waals surface area contributed by atoms with E-state index < -0.39 is 0 Å². The third-order valence-corrected chi connectivity index (χ3v) is 5.21. The molecule has 27 heavy (non-hydrogen) atoms. The van der Waals surface area contributed by atoms with Crippen LogP contribution >= 0.6 is 0 Å². The molecule has 0 saturated carbocycles. The maximum atomic E-state index is 13.9. The van der Waals surface area contributed by atoms with E-state index in [-0.39, 0.29) is 17.8 Å². The number of amides is 1. The summed E-state index contributed by atoms with van der Waals surface area (Å²) in [4.78, 5) is 17.0. The number of hydrogen-bond donors (Lipinski definition) is 1. The number of carbonyl (C=O) groups is 1. The zero-order valence-electron chi connectivity index (χ0n) is 15.9. The van der Waals surface area contributed by atoms with Gasteiger partial charge in [0.1, 0.15) is 5.82 Å². The van der Waals surface area contributed by atoms with Crippen LogP contribution in [0, 0.1) is 5.82 Å². The average molecular weight is 369 g/mol. The Morgan fingerprint density at radius 2 is 1.78 bits per heavy atom. The van der Waals surface area contributed by atoms with Crippen LogP contribution in [0.5, 0.6) is 0 Å². The molecule has 1 aliphatic rings. The maximum Gasteiger partial charge on any atom is 0.237 e. The summed E-state index contributed by atoms with van der Waals surface area (Å²) in [6.07, 6.45) is 0.977. The van der Waals surface area contributed by atoms with Gasteiger partial charge in [0.25, 0.3) is 0 Å². The molecular weight excluding hydrogens is 341 g/mol. The molecule has 144 valence electrons. The molecule has 0 bridgehead atoms. The molecule has 1 heterocycles. The highest BCUT2D eigenvalue weighted by Gasteiger charge is 2.24. The summed E-state index contributed by atoms with van der Waals surface area (Å²) < 4.78 is 13.9. The zero-order chi connectivity index (χ0) is 19.1. The van der Waals surface area contributed by atoms with E-state index in [1.807, 2.05) is 49.4 Å². The Hall–Kier alpha value is -2.24. The molecule has 1 N–H and O–H groups in total. The monoisotopic (exact) mass is 369 g/mol. The van der Waals surface area contributed by atoms with E-state index in [9.17, 15) is 9.18 Å². The third-order valence-electron chi connectivity index (χ3n) is 5.21. The summed E-state index contributed by atoms with van der Waals surface area (Å²) in [5.74, 6) is -0.0892. The van der Waals surface area contributed by atoms with Crippen LogP contribution in [0.4, 0.5) is 4.39 Å². The minimum atomic E-state index is -0.165. The Morgan fingerprint density at radius 1 is 1.04 bits per heavy atom. The highest BCUT2D eigenvalue weighted by molar-refractivity contribution is 5.81. The van der Waals surface area contributed by atoms with Gasteiger partial charge in [-0.3, -0.25) is 14.6 Å². The number of nitrogens with one attached hydrogen (secondary N) is 1.